The van der Waals surface area contributed by atoms with Crippen LogP contribution in [0.2, 0.25) is 0 Å². The monoisotopic (exact) mass is 526 g/mol. The number of ether oxygens (including phenoxy) is 3. The van der Waals surface area contributed by atoms with Gasteiger partial charge in [-0.05, 0) is 36.4 Å². The summed E-state index contributed by atoms with van der Waals surface area (Å²) >= 11 is 0. The van der Waals surface area contributed by atoms with Crippen LogP contribution >= 0.6 is 24.8 Å². The van der Waals surface area contributed by atoms with Gasteiger partial charge in [-0.1, -0.05) is 0 Å². The van der Waals surface area contributed by atoms with Crippen LogP contribution in [0.25, 0.3) is 0 Å². The highest BCUT2D eigenvalue weighted by atomic mass is 35.5. The van der Waals surface area contributed by atoms with Crippen molar-refractivity contribution in [2.75, 3.05) is 65.7 Å². The van der Waals surface area contributed by atoms with Crippen LogP contribution in [0.1, 0.15) is 31.8 Å². The Hall–Kier alpha value is -2.04. The predicted molar refractivity (Wildman–Crippen MR) is 137 cm³/mol. The first-order chi connectivity index (χ1) is 15.7. The molecule has 0 amide bonds. The Kier molecular flexibility index (Phi) is 11.1. The molecule has 2 aromatic carbocycles. The van der Waals surface area contributed by atoms with Crippen LogP contribution < -0.4 is 4.74 Å². The molecule has 35 heavy (non-hydrogen) atoms. The highest BCUT2D eigenvalue weighted by molar-refractivity contribution is 5.99. The molecule has 0 saturated carbocycles. The summed E-state index contributed by atoms with van der Waals surface area (Å²) in [6, 6.07) is 11.3. The number of benzene rings is 2. The highest BCUT2D eigenvalue weighted by Gasteiger charge is 2.22. The Labute approximate surface area is 217 Å². The average molecular weight is 527 g/mol. The lowest BCUT2D eigenvalue weighted by Gasteiger charge is -2.26. The molecule has 2 fully saturated rings. The van der Waals surface area contributed by atoms with Crippen molar-refractivity contribution in [3.05, 3.63) is 58.7 Å². The second-order valence-electron chi connectivity index (χ2n) is 8.55. The van der Waals surface area contributed by atoms with Crippen molar-refractivity contribution >= 4 is 36.4 Å². The molecule has 2 saturated heterocycles. The SMILES string of the molecule is Cl.Cl.O.O=C(CN1CCOCC1)c1ccc2c(c1)Cc1cc(C(=O)CN3CCOCC3)ccc1O2. The van der Waals surface area contributed by atoms with E-state index in [9.17, 15) is 9.59 Å². The number of hydrogen-bond acceptors (Lipinski definition) is 7. The van der Waals surface area contributed by atoms with Gasteiger partial charge in [-0.15, -0.1) is 24.8 Å². The molecule has 0 aliphatic carbocycles. The normalized spacial score (nSPS) is 17.4. The van der Waals surface area contributed by atoms with Gasteiger partial charge in [0.15, 0.2) is 11.6 Å². The van der Waals surface area contributed by atoms with Gasteiger partial charge in [-0.25, -0.2) is 0 Å². The van der Waals surface area contributed by atoms with E-state index in [2.05, 4.69) is 9.80 Å². The molecule has 0 radical (unpaired) electrons. The van der Waals surface area contributed by atoms with Gasteiger partial charge < -0.3 is 19.7 Å². The van der Waals surface area contributed by atoms with Crippen molar-refractivity contribution in [3.8, 4) is 11.5 Å². The molecule has 8 nitrogen and oxygen atoms in total. The smallest absolute Gasteiger partial charge is 0.176 e. The van der Waals surface area contributed by atoms with Crippen molar-refractivity contribution in [3.63, 3.8) is 0 Å². The van der Waals surface area contributed by atoms with Crippen LogP contribution in [-0.2, 0) is 15.9 Å². The van der Waals surface area contributed by atoms with Crippen LogP contribution in [0, 0.1) is 0 Å². The van der Waals surface area contributed by atoms with E-state index in [1.807, 2.05) is 36.4 Å². The Bertz CT molecular complexity index is 944. The molecule has 0 spiro atoms. The number of rotatable bonds is 6. The van der Waals surface area contributed by atoms with Crippen molar-refractivity contribution in [1.29, 1.82) is 0 Å². The minimum atomic E-state index is 0. The van der Waals surface area contributed by atoms with Crippen molar-refractivity contribution in [1.82, 2.24) is 9.80 Å². The lowest BCUT2D eigenvalue weighted by Crippen LogP contribution is -2.39. The molecule has 0 aromatic heterocycles. The first-order valence-electron chi connectivity index (χ1n) is 11.3. The quantitative estimate of drug-likeness (QED) is 0.454. The van der Waals surface area contributed by atoms with Crippen molar-refractivity contribution < 1.29 is 29.3 Å². The molecule has 2 N–H and O–H groups in total. The van der Waals surface area contributed by atoms with Gasteiger partial charge in [0.2, 0.25) is 0 Å². The number of carbonyl (C=O) groups is 2. The summed E-state index contributed by atoms with van der Waals surface area (Å²) in [5.41, 5.74) is 3.34. The first-order valence-corrected chi connectivity index (χ1v) is 11.3. The molecule has 3 aliphatic rings. The summed E-state index contributed by atoms with van der Waals surface area (Å²) in [7, 11) is 0. The van der Waals surface area contributed by atoms with E-state index in [0.29, 0.717) is 57.1 Å². The topological polar surface area (TPSA) is 99.8 Å². The van der Waals surface area contributed by atoms with Gasteiger partial charge in [-0.2, -0.15) is 0 Å². The third-order valence-electron chi connectivity index (χ3n) is 6.31. The Morgan fingerprint density at radius 1 is 0.686 bits per heavy atom. The molecule has 192 valence electrons. The standard InChI is InChI=1S/C25H28N2O5.2ClH.H2O/c28-22(16-26-5-9-30-10-6-26)18-1-3-24-20(13-18)15-21-14-19(2-4-25(21)32-24)23(29)17-27-7-11-31-12-8-27;;;/h1-4,13-14H,5-12,15-17H2;2*1H;1H2. The van der Waals surface area contributed by atoms with Gasteiger partial charge in [0.1, 0.15) is 11.5 Å². The fourth-order valence-corrected chi connectivity index (χ4v) is 4.41. The zero-order valence-electron chi connectivity index (χ0n) is 19.5. The van der Waals surface area contributed by atoms with E-state index in [-0.39, 0.29) is 41.9 Å². The van der Waals surface area contributed by atoms with Crippen molar-refractivity contribution in [2.24, 2.45) is 0 Å². The van der Waals surface area contributed by atoms with E-state index < -0.39 is 0 Å². The number of nitrogens with zero attached hydrogens (tertiary/aromatic N) is 2. The Morgan fingerprint density at radius 2 is 1.09 bits per heavy atom. The summed E-state index contributed by atoms with van der Waals surface area (Å²) in [5.74, 6) is 1.76. The molecule has 0 atom stereocenters. The fraction of sp³-hybridized carbons (Fsp3) is 0.440. The third kappa shape index (κ3) is 7.01. The van der Waals surface area contributed by atoms with Crippen LogP contribution in [0.5, 0.6) is 11.5 Å². The molecule has 3 aliphatic heterocycles. The number of hydrogen-bond donors (Lipinski definition) is 0. The number of Topliss-reactive ketones (excluding diaryl/α,β-unsaturated/α-hetero) is 2. The Balaban J connectivity index is 0.00000144. The van der Waals surface area contributed by atoms with E-state index in [0.717, 1.165) is 48.8 Å². The first kappa shape index (κ1) is 29.2. The van der Waals surface area contributed by atoms with E-state index in [1.165, 1.54) is 0 Å². The molecule has 0 bridgehead atoms. The molecule has 2 aromatic rings. The predicted octanol–water partition coefficient (Wildman–Crippen LogP) is 2.43. The van der Waals surface area contributed by atoms with Crippen LogP contribution in [0.15, 0.2) is 36.4 Å². The van der Waals surface area contributed by atoms with Gasteiger partial charge in [0, 0.05) is 54.9 Å². The zero-order valence-corrected chi connectivity index (χ0v) is 21.1. The van der Waals surface area contributed by atoms with E-state index in [4.69, 9.17) is 14.2 Å². The number of fused-ring (bicyclic) bond motifs is 2. The molecular formula is C25H32Cl2N2O6. The summed E-state index contributed by atoms with van der Waals surface area (Å²) in [6.45, 7) is 6.65. The summed E-state index contributed by atoms with van der Waals surface area (Å²) in [4.78, 5) is 29.8. The van der Waals surface area contributed by atoms with Crippen molar-refractivity contribution in [2.45, 2.75) is 6.42 Å². The maximum atomic E-state index is 12.8. The maximum absolute atomic E-state index is 12.8. The van der Waals surface area contributed by atoms with E-state index in [1.54, 1.807) is 0 Å². The zero-order chi connectivity index (χ0) is 21.9. The van der Waals surface area contributed by atoms with Crippen LogP contribution in [0.4, 0.5) is 0 Å². The van der Waals surface area contributed by atoms with Gasteiger partial charge in [-0.3, -0.25) is 19.4 Å². The summed E-state index contributed by atoms with van der Waals surface area (Å²) < 4.78 is 16.8. The van der Waals surface area contributed by atoms with Gasteiger partial charge in [0.25, 0.3) is 0 Å². The van der Waals surface area contributed by atoms with Crippen LogP contribution in [-0.4, -0.2) is 92.5 Å². The Morgan fingerprint density at radius 3 is 1.49 bits per heavy atom. The summed E-state index contributed by atoms with van der Waals surface area (Å²) in [6.07, 6.45) is 0.641. The van der Waals surface area contributed by atoms with Gasteiger partial charge >= 0.3 is 0 Å². The van der Waals surface area contributed by atoms with Crippen LogP contribution in [0.3, 0.4) is 0 Å². The second kappa shape index (κ2) is 13.3. The minimum absolute atomic E-state index is 0. The largest absolute Gasteiger partial charge is 0.457 e. The molecule has 0 unspecified atom stereocenters. The molecule has 5 rings (SSSR count). The number of morpholine rings is 2. The molecule has 10 heteroatoms. The number of carbonyl (C=O) groups excluding carboxylic acids is 2. The fourth-order valence-electron chi connectivity index (χ4n) is 4.41. The summed E-state index contributed by atoms with van der Waals surface area (Å²) in [5, 5.41) is 0. The lowest BCUT2D eigenvalue weighted by atomic mass is 9.95. The minimum Gasteiger partial charge on any atom is -0.457 e. The molecule has 3 heterocycles. The van der Waals surface area contributed by atoms with Gasteiger partial charge in [0.05, 0.1) is 39.5 Å². The van der Waals surface area contributed by atoms with E-state index >= 15 is 0 Å². The average Bonchev–Trinajstić information content (AvgIpc) is 2.83. The number of ketones is 2. The molecular weight excluding hydrogens is 495 g/mol. The highest BCUT2D eigenvalue weighted by Crippen LogP contribution is 2.37. The number of halogens is 2. The maximum Gasteiger partial charge on any atom is 0.176 e. The third-order valence-corrected chi connectivity index (χ3v) is 6.31. The lowest BCUT2D eigenvalue weighted by molar-refractivity contribution is 0.0368. The second-order valence-corrected chi connectivity index (χ2v) is 8.55.